The van der Waals surface area contributed by atoms with Crippen molar-refractivity contribution in [2.75, 3.05) is 13.6 Å². The molecule has 2 aromatic rings. The summed E-state index contributed by atoms with van der Waals surface area (Å²) in [7, 11) is -0.504. The highest BCUT2D eigenvalue weighted by Gasteiger charge is 2.26. The van der Waals surface area contributed by atoms with Gasteiger partial charge in [0.25, 0.3) is 0 Å². The minimum Gasteiger partial charge on any atom is -0.301 e. The second kappa shape index (κ2) is 6.03. The molecule has 22 heavy (non-hydrogen) atoms. The third-order valence-electron chi connectivity index (χ3n) is 4.16. The molecular formula is C17H18ClNO2S. The summed E-state index contributed by atoms with van der Waals surface area (Å²) in [6.45, 7) is 3.71. The lowest BCUT2D eigenvalue weighted by Gasteiger charge is -2.33. The molecule has 0 fully saturated rings. The monoisotopic (exact) mass is 335 g/mol. The van der Waals surface area contributed by atoms with Gasteiger partial charge in [0.2, 0.25) is 0 Å². The van der Waals surface area contributed by atoms with Gasteiger partial charge in [0, 0.05) is 24.0 Å². The topological polar surface area (TPSA) is 37.4 Å². The van der Waals surface area contributed by atoms with E-state index in [0.29, 0.717) is 4.90 Å². The first-order chi connectivity index (χ1) is 10.5. The van der Waals surface area contributed by atoms with Crippen LogP contribution in [-0.4, -0.2) is 26.9 Å². The number of benzene rings is 2. The normalized spacial score (nSPS) is 18.5. The van der Waals surface area contributed by atoms with E-state index in [2.05, 4.69) is 18.0 Å². The Bertz CT molecular complexity index is 793. The second-order valence-corrected chi connectivity index (χ2v) is 7.35. The molecule has 3 nitrogen and oxygen atoms in total. The summed E-state index contributed by atoms with van der Waals surface area (Å²) >= 11 is 6.42. The third kappa shape index (κ3) is 2.91. The summed E-state index contributed by atoms with van der Waals surface area (Å²) in [5.74, 6) is 0.140. The van der Waals surface area contributed by atoms with E-state index < -0.39 is 10.7 Å². The quantitative estimate of drug-likeness (QED) is 0.856. The average Bonchev–Trinajstić information content (AvgIpc) is 2.47. The largest absolute Gasteiger partial charge is 0.301 e. The highest BCUT2D eigenvalue weighted by molar-refractivity contribution is 7.72. The van der Waals surface area contributed by atoms with Gasteiger partial charge in [-0.3, -0.25) is 0 Å². The number of nitrogens with zero attached hydrogens (tertiary/aromatic N) is 1. The molecule has 1 heterocycles. The Balaban J connectivity index is 2.15. The van der Waals surface area contributed by atoms with Crippen LogP contribution in [0.25, 0.3) is 0 Å². The zero-order chi connectivity index (χ0) is 15.9. The van der Waals surface area contributed by atoms with Gasteiger partial charge in [-0.15, -0.1) is 0 Å². The lowest BCUT2D eigenvalue weighted by molar-refractivity contribution is 0.295. The van der Waals surface area contributed by atoms with E-state index in [-0.39, 0.29) is 5.92 Å². The Morgan fingerprint density at radius 2 is 2.00 bits per heavy atom. The van der Waals surface area contributed by atoms with Crippen molar-refractivity contribution in [1.82, 2.24) is 4.90 Å². The number of likely N-dealkylation sites (N-methyl/N-ethyl adjacent to an activating group) is 1. The summed E-state index contributed by atoms with van der Waals surface area (Å²) in [4.78, 5) is 2.58. The summed E-state index contributed by atoms with van der Waals surface area (Å²) in [5.41, 5.74) is 4.50. The fourth-order valence-corrected chi connectivity index (χ4v) is 3.96. The van der Waals surface area contributed by atoms with Gasteiger partial charge in [-0.25, -0.2) is 8.42 Å². The van der Waals surface area contributed by atoms with Crippen LogP contribution in [0.15, 0.2) is 41.3 Å². The van der Waals surface area contributed by atoms with E-state index >= 15 is 0 Å². The van der Waals surface area contributed by atoms with Crippen LogP contribution in [0.3, 0.4) is 0 Å². The number of hydrogen-bond acceptors (Lipinski definition) is 3. The number of rotatable bonds is 2. The average molecular weight is 336 g/mol. The van der Waals surface area contributed by atoms with E-state index in [1.807, 2.05) is 25.1 Å². The van der Waals surface area contributed by atoms with Crippen molar-refractivity contribution in [2.24, 2.45) is 0 Å². The van der Waals surface area contributed by atoms with Crippen molar-refractivity contribution >= 4 is 22.3 Å². The van der Waals surface area contributed by atoms with Gasteiger partial charge in [0.05, 0.1) is 4.90 Å². The molecule has 0 bridgehead atoms. The predicted octanol–water partition coefficient (Wildman–Crippen LogP) is 3.20. The minimum atomic E-state index is -2.56. The minimum absolute atomic E-state index is 0.140. The van der Waals surface area contributed by atoms with Gasteiger partial charge < -0.3 is 4.90 Å². The van der Waals surface area contributed by atoms with Crippen molar-refractivity contribution in [3.05, 3.63) is 63.7 Å². The highest BCUT2D eigenvalue weighted by atomic mass is 35.5. The molecule has 0 aromatic heterocycles. The second-order valence-electron chi connectivity index (χ2n) is 5.92. The van der Waals surface area contributed by atoms with Crippen molar-refractivity contribution < 1.29 is 8.42 Å². The Kier molecular flexibility index (Phi) is 4.26. The third-order valence-corrected chi connectivity index (χ3v) is 5.19. The summed E-state index contributed by atoms with van der Waals surface area (Å²) in [5, 5.41) is 0.789. The molecule has 0 N–H and O–H groups in total. The molecule has 1 atom stereocenters. The van der Waals surface area contributed by atoms with Gasteiger partial charge >= 0.3 is 0 Å². The molecule has 0 amide bonds. The van der Waals surface area contributed by atoms with E-state index in [4.69, 9.17) is 11.6 Å². The molecule has 116 valence electrons. The summed E-state index contributed by atoms with van der Waals surface area (Å²) < 4.78 is 22.5. The maximum atomic E-state index is 11.3. The van der Waals surface area contributed by atoms with Gasteiger partial charge in [0.15, 0.2) is 10.7 Å². The van der Waals surface area contributed by atoms with Gasteiger partial charge in [-0.1, -0.05) is 29.8 Å². The maximum absolute atomic E-state index is 11.3. The number of hydrogen-bond donors (Lipinski definition) is 1. The van der Waals surface area contributed by atoms with E-state index in [0.717, 1.165) is 34.8 Å². The summed E-state index contributed by atoms with van der Waals surface area (Å²) in [6.07, 6.45) is 0. The maximum Gasteiger partial charge on any atom is 0.168 e. The predicted molar refractivity (Wildman–Crippen MR) is 89.4 cm³/mol. The fraction of sp³-hybridized carbons (Fsp3) is 0.294. The number of thiol groups is 1. The molecule has 1 aliphatic rings. The Morgan fingerprint density at radius 3 is 2.73 bits per heavy atom. The van der Waals surface area contributed by atoms with Crippen molar-refractivity contribution in [1.29, 1.82) is 0 Å². The molecule has 3 rings (SSSR count). The molecule has 0 radical (unpaired) electrons. The van der Waals surface area contributed by atoms with Gasteiger partial charge in [0.1, 0.15) is 0 Å². The number of halogens is 1. The molecule has 1 aliphatic heterocycles. The van der Waals surface area contributed by atoms with Crippen LogP contribution in [0.4, 0.5) is 0 Å². The van der Waals surface area contributed by atoms with Crippen LogP contribution >= 0.6 is 11.6 Å². The van der Waals surface area contributed by atoms with Crippen LogP contribution in [0.5, 0.6) is 0 Å². The first kappa shape index (κ1) is 15.5. The first-order valence-corrected chi connectivity index (χ1v) is 8.73. The number of fused-ring (bicyclic) bond motifs is 1. The Hall–Kier alpha value is -1.36. The molecule has 0 spiro atoms. The Morgan fingerprint density at radius 1 is 1.23 bits per heavy atom. The van der Waals surface area contributed by atoms with Crippen LogP contribution < -0.4 is 0 Å². The lowest BCUT2D eigenvalue weighted by Crippen LogP contribution is -2.31. The SMILES string of the molecule is Cc1cc(Cl)c2c(c1)[C@H](c1cccc([SH](=O)=O)c1)CN(C)C2. The zero-order valence-electron chi connectivity index (χ0n) is 12.5. The summed E-state index contributed by atoms with van der Waals surface area (Å²) in [6, 6.07) is 11.4. The van der Waals surface area contributed by atoms with Crippen LogP contribution in [-0.2, 0) is 17.2 Å². The molecule has 0 unspecified atom stereocenters. The first-order valence-electron chi connectivity index (χ1n) is 7.17. The van der Waals surface area contributed by atoms with Crippen LogP contribution in [0.2, 0.25) is 5.02 Å². The molecule has 0 saturated carbocycles. The van der Waals surface area contributed by atoms with Gasteiger partial charge in [-0.2, -0.15) is 0 Å². The zero-order valence-corrected chi connectivity index (χ0v) is 14.2. The molecule has 2 aromatic carbocycles. The molecular weight excluding hydrogens is 318 g/mol. The fourth-order valence-electron chi connectivity index (χ4n) is 3.16. The van der Waals surface area contributed by atoms with E-state index in [1.54, 1.807) is 12.1 Å². The van der Waals surface area contributed by atoms with Crippen molar-refractivity contribution in [3.63, 3.8) is 0 Å². The standard InChI is InChI=1S/C17H18ClNO2S/c1-11-6-14-15(9-19(2)10-16(14)17(18)7-11)12-4-3-5-13(8-12)22(20)21/h3-8,15,22H,9-10H2,1-2H3/t15-/m0/s1. The van der Waals surface area contributed by atoms with E-state index in [9.17, 15) is 8.42 Å². The van der Waals surface area contributed by atoms with Gasteiger partial charge in [-0.05, 0) is 54.4 Å². The smallest absolute Gasteiger partial charge is 0.168 e. The van der Waals surface area contributed by atoms with E-state index in [1.165, 1.54) is 5.56 Å². The lowest BCUT2D eigenvalue weighted by atomic mass is 9.84. The van der Waals surface area contributed by atoms with Crippen LogP contribution in [0, 0.1) is 6.92 Å². The molecule has 0 aliphatic carbocycles. The highest BCUT2D eigenvalue weighted by Crippen LogP contribution is 2.37. The Labute approximate surface area is 137 Å². The molecule has 0 saturated heterocycles. The van der Waals surface area contributed by atoms with Crippen molar-refractivity contribution in [2.45, 2.75) is 24.3 Å². The number of aryl methyl sites for hydroxylation is 1. The van der Waals surface area contributed by atoms with Crippen molar-refractivity contribution in [3.8, 4) is 0 Å². The molecule has 5 heteroatoms. The van der Waals surface area contributed by atoms with Crippen LogP contribution in [0.1, 0.15) is 28.2 Å².